The summed E-state index contributed by atoms with van der Waals surface area (Å²) < 4.78 is 15.7. The van der Waals surface area contributed by atoms with E-state index in [4.69, 9.17) is 19.9 Å². The molecule has 0 aromatic heterocycles. The smallest absolute Gasteiger partial charge is 0.429 e. The van der Waals surface area contributed by atoms with Gasteiger partial charge in [0, 0.05) is 5.56 Å². The van der Waals surface area contributed by atoms with Gasteiger partial charge in [-0.2, -0.15) is 0 Å². The number of carbonyl (C=O) groups is 1. The molecule has 5 nitrogen and oxygen atoms in total. The van der Waals surface area contributed by atoms with Crippen LogP contribution in [0.2, 0.25) is 0 Å². The number of nitrogens with two attached hydrogens (primary N) is 1. The van der Waals surface area contributed by atoms with Crippen LogP contribution in [-0.4, -0.2) is 24.5 Å². The fourth-order valence-electron chi connectivity index (χ4n) is 1.71. The van der Waals surface area contributed by atoms with Gasteiger partial charge in [-0.25, -0.2) is 4.79 Å². The van der Waals surface area contributed by atoms with Gasteiger partial charge in [0.15, 0.2) is 0 Å². The summed E-state index contributed by atoms with van der Waals surface area (Å²) in [5, 5.41) is 0. The topological polar surface area (TPSA) is 74.1 Å². The van der Waals surface area contributed by atoms with Crippen molar-refractivity contribution in [3.05, 3.63) is 35.9 Å². The molecule has 0 saturated carbocycles. The number of epoxide rings is 1. The Labute approximate surface area is 112 Å². The first kappa shape index (κ1) is 13.8. The summed E-state index contributed by atoms with van der Waals surface area (Å²) >= 11 is 0. The molecule has 0 amide bonds. The van der Waals surface area contributed by atoms with Crippen LogP contribution in [0.4, 0.5) is 4.79 Å². The van der Waals surface area contributed by atoms with Crippen LogP contribution in [0.25, 0.3) is 0 Å². The highest BCUT2D eigenvalue weighted by molar-refractivity contribution is 5.61. The van der Waals surface area contributed by atoms with Crippen molar-refractivity contribution in [2.24, 2.45) is 5.73 Å². The Morgan fingerprint density at radius 1 is 1.26 bits per heavy atom. The third kappa shape index (κ3) is 3.45. The van der Waals surface area contributed by atoms with Crippen molar-refractivity contribution in [1.82, 2.24) is 0 Å². The SMILES string of the molecule is CC(C)(C)OC(=O)OC(N)(c1ccccc1)C1CO1. The molecule has 1 heterocycles. The zero-order chi connectivity index (χ0) is 14.1. The van der Waals surface area contributed by atoms with Crippen molar-refractivity contribution >= 4 is 6.16 Å². The van der Waals surface area contributed by atoms with Gasteiger partial charge < -0.3 is 14.2 Å². The summed E-state index contributed by atoms with van der Waals surface area (Å²) in [6, 6.07) is 9.12. The minimum Gasteiger partial charge on any atom is -0.429 e. The van der Waals surface area contributed by atoms with Gasteiger partial charge in [-0.3, -0.25) is 5.73 Å². The van der Waals surface area contributed by atoms with Crippen LogP contribution in [0.5, 0.6) is 0 Å². The third-order valence-electron chi connectivity index (χ3n) is 2.68. The maximum atomic E-state index is 11.8. The lowest BCUT2D eigenvalue weighted by Gasteiger charge is -2.29. The van der Waals surface area contributed by atoms with E-state index in [0.29, 0.717) is 12.2 Å². The lowest BCUT2D eigenvalue weighted by Crippen LogP contribution is -2.47. The minimum atomic E-state index is -1.30. The Morgan fingerprint density at radius 3 is 2.32 bits per heavy atom. The molecule has 0 radical (unpaired) electrons. The lowest BCUT2D eigenvalue weighted by molar-refractivity contribution is -0.0776. The van der Waals surface area contributed by atoms with Gasteiger partial charge in [-0.1, -0.05) is 30.3 Å². The van der Waals surface area contributed by atoms with Crippen molar-refractivity contribution in [3.8, 4) is 0 Å². The van der Waals surface area contributed by atoms with Crippen molar-refractivity contribution in [3.63, 3.8) is 0 Å². The van der Waals surface area contributed by atoms with Crippen LogP contribution in [0, 0.1) is 0 Å². The van der Waals surface area contributed by atoms with E-state index in [0.717, 1.165) is 0 Å². The number of benzene rings is 1. The predicted octanol–water partition coefficient (Wildman–Crippen LogP) is 2.15. The number of rotatable bonds is 3. The molecule has 2 unspecified atom stereocenters. The van der Waals surface area contributed by atoms with Gasteiger partial charge in [-0.15, -0.1) is 0 Å². The van der Waals surface area contributed by atoms with Gasteiger partial charge in [-0.05, 0) is 20.8 Å². The Kier molecular flexibility index (Phi) is 3.52. The van der Waals surface area contributed by atoms with Crippen LogP contribution in [-0.2, 0) is 19.9 Å². The van der Waals surface area contributed by atoms with Gasteiger partial charge >= 0.3 is 6.16 Å². The largest absolute Gasteiger partial charge is 0.510 e. The minimum absolute atomic E-state index is 0.331. The molecule has 1 aromatic rings. The fraction of sp³-hybridized carbons (Fsp3) is 0.500. The average Bonchev–Trinajstić information content (AvgIpc) is 3.11. The van der Waals surface area contributed by atoms with E-state index < -0.39 is 17.5 Å². The molecule has 0 aliphatic carbocycles. The normalized spacial score (nSPS) is 21.4. The maximum absolute atomic E-state index is 11.8. The first-order chi connectivity index (χ1) is 8.81. The highest BCUT2D eigenvalue weighted by Gasteiger charge is 2.49. The quantitative estimate of drug-likeness (QED) is 0.515. The van der Waals surface area contributed by atoms with Gasteiger partial charge in [0.25, 0.3) is 0 Å². The Balaban J connectivity index is 2.15. The van der Waals surface area contributed by atoms with Crippen molar-refractivity contribution in [2.75, 3.05) is 6.61 Å². The van der Waals surface area contributed by atoms with Crippen LogP contribution in [0.3, 0.4) is 0 Å². The number of carbonyl (C=O) groups excluding carboxylic acids is 1. The van der Waals surface area contributed by atoms with E-state index in [9.17, 15) is 4.79 Å². The van der Waals surface area contributed by atoms with Gasteiger partial charge in [0.05, 0.1) is 6.61 Å². The molecular formula is C14H19NO4. The molecular weight excluding hydrogens is 246 g/mol. The average molecular weight is 265 g/mol. The number of hydrogen-bond acceptors (Lipinski definition) is 5. The Bertz CT molecular complexity index is 450. The van der Waals surface area contributed by atoms with E-state index in [1.807, 2.05) is 18.2 Å². The molecule has 1 aliphatic heterocycles. The second-order valence-electron chi connectivity index (χ2n) is 5.55. The first-order valence-corrected chi connectivity index (χ1v) is 6.19. The molecule has 2 rings (SSSR count). The summed E-state index contributed by atoms with van der Waals surface area (Å²) in [5.74, 6) is 0. The van der Waals surface area contributed by atoms with Gasteiger partial charge in [0.1, 0.15) is 11.7 Å². The molecule has 5 heteroatoms. The summed E-state index contributed by atoms with van der Waals surface area (Å²) in [5.41, 5.74) is 4.95. The number of hydrogen-bond donors (Lipinski definition) is 1. The second kappa shape index (κ2) is 4.83. The molecule has 19 heavy (non-hydrogen) atoms. The standard InChI is InChI=1S/C14H19NO4/c1-13(2,3)18-12(16)19-14(15,11-9-17-11)10-7-5-4-6-8-10/h4-8,11H,9,15H2,1-3H3. The molecule has 1 fully saturated rings. The molecule has 1 saturated heterocycles. The second-order valence-corrected chi connectivity index (χ2v) is 5.55. The molecule has 2 atom stereocenters. The van der Waals surface area contributed by atoms with Crippen molar-refractivity contribution < 1.29 is 19.0 Å². The zero-order valence-electron chi connectivity index (χ0n) is 11.4. The summed E-state index contributed by atoms with van der Waals surface area (Å²) in [6.07, 6.45) is -1.13. The lowest BCUT2D eigenvalue weighted by atomic mass is 10.0. The molecule has 0 spiro atoms. The highest BCUT2D eigenvalue weighted by Crippen LogP contribution is 2.33. The van der Waals surface area contributed by atoms with Crippen molar-refractivity contribution in [1.29, 1.82) is 0 Å². The van der Waals surface area contributed by atoms with Crippen LogP contribution in [0.1, 0.15) is 26.3 Å². The van der Waals surface area contributed by atoms with E-state index in [1.165, 1.54) is 0 Å². The van der Waals surface area contributed by atoms with E-state index in [1.54, 1.807) is 32.9 Å². The molecule has 1 aliphatic rings. The first-order valence-electron chi connectivity index (χ1n) is 6.19. The van der Waals surface area contributed by atoms with Crippen LogP contribution < -0.4 is 5.73 Å². The molecule has 0 bridgehead atoms. The predicted molar refractivity (Wildman–Crippen MR) is 69.4 cm³/mol. The summed E-state index contributed by atoms with van der Waals surface area (Å²) in [6.45, 7) is 5.77. The monoisotopic (exact) mass is 265 g/mol. The van der Waals surface area contributed by atoms with Crippen LogP contribution >= 0.6 is 0 Å². The molecule has 1 aromatic carbocycles. The Hall–Kier alpha value is -1.59. The third-order valence-corrected chi connectivity index (χ3v) is 2.68. The van der Waals surface area contributed by atoms with Gasteiger partial charge in [0.2, 0.25) is 5.72 Å². The van der Waals surface area contributed by atoms with Crippen molar-refractivity contribution in [2.45, 2.75) is 38.2 Å². The fourth-order valence-corrected chi connectivity index (χ4v) is 1.71. The van der Waals surface area contributed by atoms with Crippen LogP contribution in [0.15, 0.2) is 30.3 Å². The maximum Gasteiger partial charge on any atom is 0.510 e. The molecule has 2 N–H and O–H groups in total. The zero-order valence-corrected chi connectivity index (χ0v) is 11.4. The Morgan fingerprint density at radius 2 is 1.84 bits per heavy atom. The van der Waals surface area contributed by atoms with E-state index >= 15 is 0 Å². The van der Waals surface area contributed by atoms with E-state index in [-0.39, 0.29) is 6.10 Å². The number of ether oxygens (including phenoxy) is 3. The molecule has 104 valence electrons. The summed E-state index contributed by atoms with van der Waals surface area (Å²) in [7, 11) is 0. The highest BCUT2D eigenvalue weighted by atomic mass is 16.8. The summed E-state index contributed by atoms with van der Waals surface area (Å²) in [4.78, 5) is 11.8. The van der Waals surface area contributed by atoms with E-state index in [2.05, 4.69) is 0 Å².